The molecule has 8 heteroatoms. The van der Waals surface area contributed by atoms with Gasteiger partial charge in [-0.2, -0.15) is 0 Å². The lowest BCUT2D eigenvalue weighted by Gasteiger charge is -2.19. The Kier molecular flexibility index (Phi) is 5.65. The van der Waals surface area contributed by atoms with E-state index in [0.717, 1.165) is 0 Å². The van der Waals surface area contributed by atoms with E-state index in [1.165, 1.54) is 0 Å². The molecule has 1 aliphatic heterocycles. The van der Waals surface area contributed by atoms with Crippen LogP contribution in [0.2, 0.25) is 0 Å². The normalized spacial score (nSPS) is 12.3. The summed E-state index contributed by atoms with van der Waals surface area (Å²) >= 11 is 0. The number of rotatable bonds is 6. The van der Waals surface area contributed by atoms with Crippen molar-refractivity contribution in [2.45, 2.75) is 0 Å². The standard InChI is InChI=1S/C18H19N3O5/c1-24-8-7-19-17(22)13-3-2-4-14(21-13)18(23)20-12-5-6-15-16(11-12)26-10-9-25-15/h2-6,11H,7-10H2,1H3,(H,19,22)(H,20,23). The molecular weight excluding hydrogens is 338 g/mol. The Balaban J connectivity index is 1.68. The van der Waals surface area contributed by atoms with Gasteiger partial charge in [0.15, 0.2) is 11.5 Å². The third kappa shape index (κ3) is 4.28. The Morgan fingerprint density at radius 1 is 1.08 bits per heavy atom. The summed E-state index contributed by atoms with van der Waals surface area (Å²) in [6, 6.07) is 9.83. The number of nitrogens with one attached hydrogen (secondary N) is 2. The van der Waals surface area contributed by atoms with Crippen molar-refractivity contribution in [3.63, 3.8) is 0 Å². The van der Waals surface area contributed by atoms with Crippen LogP contribution in [0.15, 0.2) is 36.4 Å². The van der Waals surface area contributed by atoms with E-state index in [2.05, 4.69) is 15.6 Å². The number of methoxy groups -OCH3 is 1. The molecule has 0 aliphatic carbocycles. The first kappa shape index (κ1) is 17.7. The minimum absolute atomic E-state index is 0.138. The highest BCUT2D eigenvalue weighted by Crippen LogP contribution is 2.32. The van der Waals surface area contributed by atoms with Crippen LogP contribution in [0, 0.1) is 0 Å². The van der Waals surface area contributed by atoms with E-state index in [-0.39, 0.29) is 17.3 Å². The minimum Gasteiger partial charge on any atom is -0.486 e. The fraction of sp³-hybridized carbons (Fsp3) is 0.278. The number of carbonyl (C=O) groups is 2. The summed E-state index contributed by atoms with van der Waals surface area (Å²) < 4.78 is 15.8. The number of pyridine rings is 1. The summed E-state index contributed by atoms with van der Waals surface area (Å²) in [6.07, 6.45) is 0. The first-order chi connectivity index (χ1) is 12.7. The van der Waals surface area contributed by atoms with Crippen LogP contribution in [0.4, 0.5) is 5.69 Å². The maximum absolute atomic E-state index is 12.4. The number of ether oxygens (including phenoxy) is 3. The van der Waals surface area contributed by atoms with Gasteiger partial charge in [-0.25, -0.2) is 4.98 Å². The van der Waals surface area contributed by atoms with E-state index >= 15 is 0 Å². The lowest BCUT2D eigenvalue weighted by Crippen LogP contribution is -2.28. The van der Waals surface area contributed by atoms with Gasteiger partial charge in [-0.1, -0.05) is 6.07 Å². The minimum atomic E-state index is -0.423. The third-order valence-corrected chi connectivity index (χ3v) is 3.61. The van der Waals surface area contributed by atoms with Crippen molar-refractivity contribution in [2.24, 2.45) is 0 Å². The van der Waals surface area contributed by atoms with E-state index in [9.17, 15) is 9.59 Å². The molecule has 3 rings (SSSR count). The first-order valence-corrected chi connectivity index (χ1v) is 8.12. The second-order valence-electron chi connectivity index (χ2n) is 5.47. The summed E-state index contributed by atoms with van der Waals surface area (Å²) in [6.45, 7) is 1.73. The van der Waals surface area contributed by atoms with Crippen LogP contribution in [-0.2, 0) is 4.74 Å². The van der Waals surface area contributed by atoms with Crippen LogP contribution in [0.3, 0.4) is 0 Å². The van der Waals surface area contributed by atoms with E-state index in [1.54, 1.807) is 43.5 Å². The number of hydrogen-bond acceptors (Lipinski definition) is 6. The molecule has 26 heavy (non-hydrogen) atoms. The fourth-order valence-electron chi connectivity index (χ4n) is 2.36. The number of benzene rings is 1. The lowest BCUT2D eigenvalue weighted by atomic mass is 10.2. The lowest BCUT2D eigenvalue weighted by molar-refractivity contribution is 0.0932. The molecule has 0 bridgehead atoms. The molecule has 1 aromatic carbocycles. The molecule has 0 saturated heterocycles. The van der Waals surface area contributed by atoms with Gasteiger partial charge in [-0.3, -0.25) is 9.59 Å². The molecular formula is C18H19N3O5. The van der Waals surface area contributed by atoms with Crippen LogP contribution >= 0.6 is 0 Å². The Morgan fingerprint density at radius 2 is 1.81 bits per heavy atom. The SMILES string of the molecule is COCCNC(=O)c1cccc(C(=O)Nc2ccc3c(c2)OCCO3)n1. The largest absolute Gasteiger partial charge is 0.486 e. The fourth-order valence-corrected chi connectivity index (χ4v) is 2.36. The molecule has 2 aromatic rings. The molecule has 0 atom stereocenters. The zero-order chi connectivity index (χ0) is 18.4. The van der Waals surface area contributed by atoms with Crippen molar-refractivity contribution in [3.05, 3.63) is 47.8 Å². The summed E-state index contributed by atoms with van der Waals surface area (Å²) in [5.41, 5.74) is 0.853. The molecule has 0 fully saturated rings. The summed E-state index contributed by atoms with van der Waals surface area (Å²) in [7, 11) is 1.55. The second-order valence-corrected chi connectivity index (χ2v) is 5.47. The predicted molar refractivity (Wildman–Crippen MR) is 93.8 cm³/mol. The van der Waals surface area contributed by atoms with Gasteiger partial charge in [0.2, 0.25) is 0 Å². The Labute approximate surface area is 150 Å². The molecule has 2 amide bonds. The van der Waals surface area contributed by atoms with Crippen LogP contribution in [0.25, 0.3) is 0 Å². The van der Waals surface area contributed by atoms with Crippen LogP contribution in [-0.4, -0.2) is 50.3 Å². The van der Waals surface area contributed by atoms with Crippen molar-refractivity contribution < 1.29 is 23.8 Å². The van der Waals surface area contributed by atoms with E-state index in [0.29, 0.717) is 43.6 Å². The molecule has 1 aliphatic rings. The molecule has 0 spiro atoms. The zero-order valence-corrected chi connectivity index (χ0v) is 14.3. The highest BCUT2D eigenvalue weighted by Gasteiger charge is 2.15. The van der Waals surface area contributed by atoms with Crippen molar-refractivity contribution in [2.75, 3.05) is 38.8 Å². The number of nitrogens with zero attached hydrogens (tertiary/aromatic N) is 1. The van der Waals surface area contributed by atoms with Gasteiger partial charge in [0.25, 0.3) is 11.8 Å². The number of amides is 2. The second kappa shape index (κ2) is 8.30. The van der Waals surface area contributed by atoms with E-state index in [1.807, 2.05) is 0 Å². The molecule has 0 radical (unpaired) electrons. The Bertz CT molecular complexity index is 809. The van der Waals surface area contributed by atoms with Crippen molar-refractivity contribution in [1.82, 2.24) is 10.3 Å². The van der Waals surface area contributed by atoms with Gasteiger partial charge < -0.3 is 24.8 Å². The van der Waals surface area contributed by atoms with Crippen LogP contribution < -0.4 is 20.1 Å². The monoisotopic (exact) mass is 357 g/mol. The quantitative estimate of drug-likeness (QED) is 0.760. The Hall–Kier alpha value is -3.13. The maximum atomic E-state index is 12.4. The maximum Gasteiger partial charge on any atom is 0.274 e. The topological polar surface area (TPSA) is 98.8 Å². The number of anilines is 1. The molecule has 0 unspecified atom stereocenters. The van der Waals surface area contributed by atoms with E-state index < -0.39 is 5.91 Å². The average molecular weight is 357 g/mol. The zero-order valence-electron chi connectivity index (χ0n) is 14.3. The van der Waals surface area contributed by atoms with Crippen LogP contribution in [0.1, 0.15) is 21.0 Å². The highest BCUT2D eigenvalue weighted by atomic mass is 16.6. The van der Waals surface area contributed by atoms with Gasteiger partial charge in [0.05, 0.1) is 6.61 Å². The molecule has 8 nitrogen and oxygen atoms in total. The predicted octanol–water partition coefficient (Wildman–Crippen LogP) is 1.48. The highest BCUT2D eigenvalue weighted by molar-refractivity contribution is 6.04. The number of fused-ring (bicyclic) bond motifs is 1. The summed E-state index contributed by atoms with van der Waals surface area (Å²) in [5.74, 6) is 0.430. The number of aromatic nitrogens is 1. The number of hydrogen-bond donors (Lipinski definition) is 2. The molecule has 136 valence electrons. The molecule has 1 aromatic heterocycles. The third-order valence-electron chi connectivity index (χ3n) is 3.61. The molecule has 0 saturated carbocycles. The molecule has 2 heterocycles. The average Bonchev–Trinajstić information content (AvgIpc) is 2.68. The summed E-state index contributed by atoms with van der Waals surface area (Å²) in [4.78, 5) is 28.6. The number of carbonyl (C=O) groups excluding carboxylic acids is 2. The van der Waals surface area contributed by atoms with Crippen molar-refractivity contribution in [3.8, 4) is 11.5 Å². The smallest absolute Gasteiger partial charge is 0.274 e. The van der Waals surface area contributed by atoms with Gasteiger partial charge in [0.1, 0.15) is 24.6 Å². The molecule has 2 N–H and O–H groups in total. The van der Waals surface area contributed by atoms with Crippen LogP contribution in [0.5, 0.6) is 11.5 Å². The van der Waals surface area contributed by atoms with Crippen molar-refractivity contribution >= 4 is 17.5 Å². The van der Waals surface area contributed by atoms with Gasteiger partial charge in [0, 0.05) is 25.4 Å². The Morgan fingerprint density at radius 3 is 2.58 bits per heavy atom. The van der Waals surface area contributed by atoms with Crippen molar-refractivity contribution in [1.29, 1.82) is 0 Å². The first-order valence-electron chi connectivity index (χ1n) is 8.12. The van der Waals surface area contributed by atoms with Gasteiger partial charge in [-0.05, 0) is 24.3 Å². The van der Waals surface area contributed by atoms with Gasteiger partial charge >= 0.3 is 0 Å². The van der Waals surface area contributed by atoms with Gasteiger partial charge in [-0.15, -0.1) is 0 Å². The van der Waals surface area contributed by atoms with E-state index in [4.69, 9.17) is 14.2 Å². The summed E-state index contributed by atoms with van der Waals surface area (Å²) in [5, 5.41) is 5.40.